The number of halogens is 1. The predicted molar refractivity (Wildman–Crippen MR) is 89.6 cm³/mol. The maximum absolute atomic E-state index is 6.08. The number of aromatic nitrogens is 2. The van der Waals surface area contributed by atoms with Gasteiger partial charge in [-0.2, -0.15) is 0 Å². The fraction of sp³-hybridized carbons (Fsp3) is 0.412. The lowest BCUT2D eigenvalue weighted by molar-refractivity contribution is 0.756. The summed E-state index contributed by atoms with van der Waals surface area (Å²) < 4.78 is 0. The van der Waals surface area contributed by atoms with E-state index in [4.69, 9.17) is 11.6 Å². The van der Waals surface area contributed by atoms with Gasteiger partial charge in [-0.3, -0.25) is 0 Å². The topological polar surface area (TPSA) is 41.0 Å². The minimum Gasteiger partial charge on any atom is -0.363 e. The van der Waals surface area contributed by atoms with Crippen molar-refractivity contribution in [2.75, 3.05) is 23.3 Å². The van der Waals surface area contributed by atoms with Crippen LogP contribution in [-0.2, 0) is 6.42 Å². The van der Waals surface area contributed by atoms with Gasteiger partial charge in [0, 0.05) is 24.2 Å². The Bertz CT molecular complexity index is 682. The summed E-state index contributed by atoms with van der Waals surface area (Å²) in [7, 11) is 0. The van der Waals surface area contributed by atoms with Crippen LogP contribution in [0, 0.1) is 0 Å². The Labute approximate surface area is 135 Å². The summed E-state index contributed by atoms with van der Waals surface area (Å²) in [6.07, 6.45) is 6.32. The monoisotopic (exact) mass is 314 g/mol. The Morgan fingerprint density at radius 2 is 2.00 bits per heavy atom. The van der Waals surface area contributed by atoms with E-state index in [2.05, 4.69) is 38.4 Å². The molecule has 2 heterocycles. The van der Waals surface area contributed by atoms with E-state index in [0.29, 0.717) is 6.04 Å². The molecule has 0 spiro atoms. The molecule has 1 aromatic carbocycles. The highest BCUT2D eigenvalue weighted by molar-refractivity contribution is 6.30. The molecule has 22 heavy (non-hydrogen) atoms. The second-order valence-corrected chi connectivity index (χ2v) is 6.47. The molecule has 4 nitrogen and oxygen atoms in total. The molecule has 1 fully saturated rings. The Morgan fingerprint density at radius 3 is 2.86 bits per heavy atom. The van der Waals surface area contributed by atoms with Gasteiger partial charge in [0.25, 0.3) is 0 Å². The largest absolute Gasteiger partial charge is 0.363 e. The number of hydrogen-bond donors (Lipinski definition) is 1. The predicted octanol–water partition coefficient (Wildman–Crippen LogP) is 3.83. The molecule has 5 heteroatoms. The fourth-order valence-corrected chi connectivity index (χ4v) is 3.65. The van der Waals surface area contributed by atoms with Crippen molar-refractivity contribution in [1.29, 1.82) is 0 Å². The van der Waals surface area contributed by atoms with Crippen LogP contribution in [0.25, 0.3) is 0 Å². The van der Waals surface area contributed by atoms with Gasteiger partial charge in [-0.25, -0.2) is 9.97 Å². The number of nitrogens with one attached hydrogen (secondary N) is 1. The zero-order valence-corrected chi connectivity index (χ0v) is 13.2. The molecule has 0 bridgehead atoms. The molecule has 0 saturated carbocycles. The lowest BCUT2D eigenvalue weighted by Gasteiger charge is -2.19. The van der Waals surface area contributed by atoms with Crippen molar-refractivity contribution in [2.45, 2.75) is 31.7 Å². The third-order valence-corrected chi connectivity index (χ3v) is 4.82. The van der Waals surface area contributed by atoms with Crippen LogP contribution < -0.4 is 10.2 Å². The molecular weight excluding hydrogens is 296 g/mol. The third-order valence-electron chi connectivity index (χ3n) is 4.59. The number of aryl methyl sites for hydroxylation is 1. The van der Waals surface area contributed by atoms with Crippen LogP contribution in [0.1, 0.15) is 36.4 Å². The number of fused-ring (bicyclic) bond motifs is 1. The van der Waals surface area contributed by atoms with Crippen LogP contribution >= 0.6 is 11.6 Å². The van der Waals surface area contributed by atoms with Gasteiger partial charge < -0.3 is 10.2 Å². The zero-order valence-electron chi connectivity index (χ0n) is 12.4. The van der Waals surface area contributed by atoms with Crippen LogP contribution in [0.4, 0.5) is 11.6 Å². The van der Waals surface area contributed by atoms with Gasteiger partial charge in [0.05, 0.1) is 6.04 Å². The molecule has 1 aliphatic heterocycles. The Morgan fingerprint density at radius 1 is 1.14 bits per heavy atom. The molecule has 4 rings (SSSR count). The lowest BCUT2D eigenvalue weighted by atomic mass is 10.1. The lowest BCUT2D eigenvalue weighted by Crippen LogP contribution is -2.19. The molecule has 0 amide bonds. The number of nitrogens with zero attached hydrogens (tertiary/aromatic N) is 3. The minimum absolute atomic E-state index is 0.314. The summed E-state index contributed by atoms with van der Waals surface area (Å²) in [6.45, 7) is 2.20. The molecule has 2 aliphatic rings. The second kappa shape index (κ2) is 5.76. The molecular formula is C17H19ClN4. The van der Waals surface area contributed by atoms with Gasteiger partial charge in [-0.1, -0.05) is 17.7 Å². The van der Waals surface area contributed by atoms with Crippen molar-refractivity contribution in [2.24, 2.45) is 0 Å². The van der Waals surface area contributed by atoms with Gasteiger partial charge in [-0.15, -0.1) is 0 Å². The quantitative estimate of drug-likeness (QED) is 0.935. The molecule has 114 valence electrons. The van der Waals surface area contributed by atoms with E-state index < -0.39 is 0 Å². The zero-order chi connectivity index (χ0) is 14.9. The summed E-state index contributed by atoms with van der Waals surface area (Å²) in [6, 6.07) is 8.56. The molecule has 1 saturated heterocycles. The first-order valence-electron chi connectivity index (χ1n) is 7.91. The molecule has 2 aromatic rings. The van der Waals surface area contributed by atoms with Crippen LogP contribution in [0.2, 0.25) is 5.02 Å². The molecule has 1 N–H and O–H groups in total. The highest BCUT2D eigenvalue weighted by Crippen LogP contribution is 2.35. The smallest absolute Gasteiger partial charge is 0.134 e. The molecule has 1 atom stereocenters. The SMILES string of the molecule is Clc1ccc2c(c1)CCC2Nc1cc(N2CCCC2)ncn1. The molecule has 0 radical (unpaired) electrons. The van der Waals surface area contributed by atoms with Crippen LogP contribution in [0.15, 0.2) is 30.6 Å². The van der Waals surface area contributed by atoms with Gasteiger partial charge >= 0.3 is 0 Å². The van der Waals surface area contributed by atoms with Gasteiger partial charge in [-0.05, 0) is 48.9 Å². The van der Waals surface area contributed by atoms with E-state index in [0.717, 1.165) is 42.6 Å². The van der Waals surface area contributed by atoms with Crippen molar-refractivity contribution >= 4 is 23.2 Å². The van der Waals surface area contributed by atoms with Gasteiger partial charge in [0.15, 0.2) is 0 Å². The average Bonchev–Trinajstić information content (AvgIpc) is 3.18. The maximum atomic E-state index is 6.08. The normalized spacial score (nSPS) is 20.2. The van der Waals surface area contributed by atoms with Crippen molar-refractivity contribution < 1.29 is 0 Å². The van der Waals surface area contributed by atoms with Crippen molar-refractivity contribution in [3.05, 3.63) is 46.7 Å². The standard InChI is InChI=1S/C17H19ClN4/c18-13-4-5-14-12(9-13)3-6-15(14)21-16-10-17(20-11-19-16)22-7-1-2-8-22/h4-5,9-11,15H,1-3,6-8H2,(H,19,20,21). The van der Waals surface area contributed by atoms with Gasteiger partial charge in [0.2, 0.25) is 0 Å². The Kier molecular flexibility index (Phi) is 3.62. The van der Waals surface area contributed by atoms with E-state index in [1.165, 1.54) is 24.0 Å². The number of benzene rings is 1. The van der Waals surface area contributed by atoms with E-state index in [9.17, 15) is 0 Å². The van der Waals surface area contributed by atoms with Crippen molar-refractivity contribution in [3.8, 4) is 0 Å². The highest BCUT2D eigenvalue weighted by Gasteiger charge is 2.23. The average molecular weight is 315 g/mol. The van der Waals surface area contributed by atoms with Crippen LogP contribution in [-0.4, -0.2) is 23.1 Å². The van der Waals surface area contributed by atoms with Crippen LogP contribution in [0.5, 0.6) is 0 Å². The maximum Gasteiger partial charge on any atom is 0.134 e. The number of rotatable bonds is 3. The Balaban J connectivity index is 1.54. The van der Waals surface area contributed by atoms with E-state index in [1.54, 1.807) is 6.33 Å². The highest BCUT2D eigenvalue weighted by atomic mass is 35.5. The van der Waals surface area contributed by atoms with Crippen molar-refractivity contribution in [1.82, 2.24) is 9.97 Å². The second-order valence-electron chi connectivity index (χ2n) is 6.03. The third kappa shape index (κ3) is 2.63. The summed E-state index contributed by atoms with van der Waals surface area (Å²) in [5.74, 6) is 1.94. The van der Waals surface area contributed by atoms with Gasteiger partial charge in [0.1, 0.15) is 18.0 Å². The minimum atomic E-state index is 0.314. The van der Waals surface area contributed by atoms with E-state index in [1.807, 2.05) is 6.07 Å². The van der Waals surface area contributed by atoms with E-state index in [-0.39, 0.29) is 0 Å². The molecule has 1 aliphatic carbocycles. The fourth-order valence-electron chi connectivity index (χ4n) is 3.46. The molecule has 1 unspecified atom stereocenters. The van der Waals surface area contributed by atoms with E-state index >= 15 is 0 Å². The van der Waals surface area contributed by atoms with Crippen molar-refractivity contribution in [3.63, 3.8) is 0 Å². The number of anilines is 2. The summed E-state index contributed by atoms with van der Waals surface area (Å²) >= 11 is 6.08. The Hall–Kier alpha value is -1.81. The first-order chi connectivity index (χ1) is 10.8. The number of hydrogen-bond acceptors (Lipinski definition) is 4. The first kappa shape index (κ1) is 13.8. The summed E-state index contributed by atoms with van der Waals surface area (Å²) in [5.41, 5.74) is 2.68. The first-order valence-corrected chi connectivity index (χ1v) is 8.29. The summed E-state index contributed by atoms with van der Waals surface area (Å²) in [4.78, 5) is 11.1. The van der Waals surface area contributed by atoms with Crippen LogP contribution in [0.3, 0.4) is 0 Å². The summed E-state index contributed by atoms with van der Waals surface area (Å²) in [5, 5.41) is 4.38. The molecule has 1 aromatic heterocycles.